The van der Waals surface area contributed by atoms with Gasteiger partial charge in [0.25, 0.3) is 0 Å². The molecule has 0 bridgehead atoms. The van der Waals surface area contributed by atoms with Gasteiger partial charge in [0.15, 0.2) is 0 Å². The molecule has 0 aromatic rings. The van der Waals surface area contributed by atoms with Crippen LogP contribution in [0.25, 0.3) is 0 Å². The standard InChI is InChI=1S/C8H16.C3H6.C3H4.C2H6/c1-3-7(2)8-5-4-6-8;1-2-3-1;1-3-2;1-2/h7-8H,3-6H2,1-2H3;1-3H2;1H,2H3;1-2H3. The highest BCUT2D eigenvalue weighted by Gasteiger charge is 2.21. The Balaban J connectivity index is 0. The smallest absolute Gasteiger partial charge is 0.00297 e. The molecule has 16 heavy (non-hydrogen) atoms. The second-order valence-corrected chi connectivity index (χ2v) is 4.43. The van der Waals surface area contributed by atoms with Crippen molar-refractivity contribution in [2.45, 2.75) is 79.6 Å². The van der Waals surface area contributed by atoms with Gasteiger partial charge in [0.2, 0.25) is 0 Å². The van der Waals surface area contributed by atoms with Crippen LogP contribution >= 0.6 is 0 Å². The molecular weight excluding hydrogens is 192 g/mol. The van der Waals surface area contributed by atoms with Crippen LogP contribution < -0.4 is 0 Å². The van der Waals surface area contributed by atoms with Crippen molar-refractivity contribution in [3.8, 4) is 12.3 Å². The molecule has 1 unspecified atom stereocenters. The molecule has 0 heteroatoms. The third-order valence-corrected chi connectivity index (χ3v) is 2.95. The highest BCUT2D eigenvalue weighted by Crippen LogP contribution is 2.34. The van der Waals surface area contributed by atoms with E-state index in [0.29, 0.717) is 0 Å². The second-order valence-electron chi connectivity index (χ2n) is 4.43. The second kappa shape index (κ2) is 14.6. The predicted molar refractivity (Wildman–Crippen MR) is 76.5 cm³/mol. The van der Waals surface area contributed by atoms with Gasteiger partial charge in [-0.15, -0.1) is 12.3 Å². The summed E-state index contributed by atoms with van der Waals surface area (Å²) in [5, 5.41) is 0. The molecule has 0 nitrogen and oxygen atoms in total. The Morgan fingerprint density at radius 1 is 1.12 bits per heavy atom. The Labute approximate surface area is 104 Å². The van der Waals surface area contributed by atoms with Crippen molar-refractivity contribution >= 4 is 0 Å². The monoisotopic (exact) mass is 224 g/mol. The van der Waals surface area contributed by atoms with E-state index >= 15 is 0 Å². The summed E-state index contributed by atoms with van der Waals surface area (Å²) in [6.45, 7) is 10.3. The lowest BCUT2D eigenvalue weighted by molar-refractivity contribution is 0.215. The minimum absolute atomic E-state index is 1.00. The van der Waals surface area contributed by atoms with Crippen molar-refractivity contribution < 1.29 is 0 Å². The van der Waals surface area contributed by atoms with E-state index in [0.717, 1.165) is 11.8 Å². The Hall–Kier alpha value is -0.440. The molecule has 1 atom stereocenters. The molecular formula is C16H32. The average Bonchev–Trinajstić information content (AvgIpc) is 3.06. The molecule has 96 valence electrons. The van der Waals surface area contributed by atoms with Crippen molar-refractivity contribution in [3.63, 3.8) is 0 Å². The highest BCUT2D eigenvalue weighted by molar-refractivity contribution is 4.74. The Bertz CT molecular complexity index is 140. The van der Waals surface area contributed by atoms with E-state index in [4.69, 9.17) is 0 Å². The number of rotatable bonds is 2. The lowest BCUT2D eigenvalue weighted by Gasteiger charge is -2.30. The first kappa shape index (κ1) is 17.9. The van der Waals surface area contributed by atoms with Crippen LogP contribution in [0.1, 0.15) is 79.6 Å². The molecule has 2 rings (SSSR count). The molecule has 2 aliphatic rings. The molecule has 0 saturated heterocycles. The number of hydrogen-bond donors (Lipinski definition) is 0. The van der Waals surface area contributed by atoms with Crippen molar-refractivity contribution in [1.29, 1.82) is 0 Å². The van der Waals surface area contributed by atoms with Crippen molar-refractivity contribution in [2.75, 3.05) is 0 Å². The van der Waals surface area contributed by atoms with Crippen LogP contribution in [0.4, 0.5) is 0 Å². The number of hydrogen-bond acceptors (Lipinski definition) is 0. The maximum absolute atomic E-state index is 4.60. The van der Waals surface area contributed by atoms with E-state index in [-0.39, 0.29) is 0 Å². The molecule has 0 aromatic heterocycles. The molecule has 2 fully saturated rings. The van der Waals surface area contributed by atoms with E-state index in [1.807, 2.05) is 13.8 Å². The van der Waals surface area contributed by atoms with Crippen molar-refractivity contribution in [3.05, 3.63) is 0 Å². The lowest BCUT2D eigenvalue weighted by Crippen LogP contribution is -2.18. The first-order valence-electron chi connectivity index (χ1n) is 7.13. The SMILES string of the molecule is C#CC.C1CC1.CC.CCC(C)C1CCC1. The van der Waals surface area contributed by atoms with Gasteiger partial charge < -0.3 is 0 Å². The maximum atomic E-state index is 4.60. The fourth-order valence-corrected chi connectivity index (χ4v) is 1.34. The summed E-state index contributed by atoms with van der Waals surface area (Å²) in [5.74, 6) is 4.35. The quantitative estimate of drug-likeness (QED) is 0.530. The van der Waals surface area contributed by atoms with Gasteiger partial charge in [-0.05, 0) is 18.8 Å². The zero-order valence-electron chi connectivity index (χ0n) is 12.2. The average molecular weight is 224 g/mol. The first-order valence-corrected chi connectivity index (χ1v) is 7.13. The molecule has 0 aliphatic heterocycles. The lowest BCUT2D eigenvalue weighted by atomic mass is 9.76. The fourth-order valence-electron chi connectivity index (χ4n) is 1.34. The van der Waals surface area contributed by atoms with E-state index in [1.165, 1.54) is 44.9 Å². The summed E-state index contributed by atoms with van der Waals surface area (Å²) in [4.78, 5) is 0. The highest BCUT2D eigenvalue weighted by atomic mass is 14.3. The molecule has 0 spiro atoms. The first-order chi connectivity index (χ1) is 7.76. The van der Waals surface area contributed by atoms with Crippen LogP contribution in [0.3, 0.4) is 0 Å². The van der Waals surface area contributed by atoms with Crippen LogP contribution in [0, 0.1) is 24.2 Å². The minimum Gasteiger partial charge on any atom is -0.120 e. The predicted octanol–water partition coefficient (Wildman–Crippen LogP) is 5.67. The Kier molecular flexibility index (Phi) is 16.3. The van der Waals surface area contributed by atoms with Crippen LogP contribution in [-0.4, -0.2) is 0 Å². The van der Waals surface area contributed by atoms with Crippen LogP contribution in [0.5, 0.6) is 0 Å². The summed E-state index contributed by atoms with van der Waals surface area (Å²) in [7, 11) is 0. The van der Waals surface area contributed by atoms with Gasteiger partial charge in [0, 0.05) is 0 Å². The minimum atomic E-state index is 1.00. The zero-order valence-corrected chi connectivity index (χ0v) is 12.2. The summed E-state index contributed by atoms with van der Waals surface area (Å²) in [5.41, 5.74) is 0. The molecule has 0 N–H and O–H groups in total. The van der Waals surface area contributed by atoms with Gasteiger partial charge in [0.1, 0.15) is 0 Å². The van der Waals surface area contributed by atoms with Crippen molar-refractivity contribution in [1.82, 2.24) is 0 Å². The van der Waals surface area contributed by atoms with Gasteiger partial charge in [-0.2, -0.15) is 0 Å². The zero-order chi connectivity index (χ0) is 12.8. The molecule has 0 heterocycles. The Morgan fingerprint density at radius 2 is 1.50 bits per heavy atom. The van der Waals surface area contributed by atoms with Crippen LogP contribution in [0.15, 0.2) is 0 Å². The van der Waals surface area contributed by atoms with Gasteiger partial charge in [0.05, 0.1) is 0 Å². The van der Waals surface area contributed by atoms with Gasteiger partial charge in [-0.3, -0.25) is 0 Å². The molecule has 2 aliphatic carbocycles. The summed E-state index contributed by atoms with van der Waals surface area (Å²) in [6.07, 6.45) is 15.0. The van der Waals surface area contributed by atoms with Gasteiger partial charge in [-0.1, -0.05) is 72.6 Å². The van der Waals surface area contributed by atoms with Crippen molar-refractivity contribution in [2.24, 2.45) is 11.8 Å². The van der Waals surface area contributed by atoms with Crippen LogP contribution in [0.2, 0.25) is 0 Å². The summed E-state index contributed by atoms with van der Waals surface area (Å²) in [6, 6.07) is 0. The third-order valence-electron chi connectivity index (χ3n) is 2.95. The molecule has 0 aromatic carbocycles. The summed E-state index contributed by atoms with van der Waals surface area (Å²) < 4.78 is 0. The van der Waals surface area contributed by atoms with E-state index in [1.54, 1.807) is 6.92 Å². The van der Waals surface area contributed by atoms with E-state index < -0.39 is 0 Å². The van der Waals surface area contributed by atoms with E-state index in [2.05, 4.69) is 26.2 Å². The summed E-state index contributed by atoms with van der Waals surface area (Å²) >= 11 is 0. The van der Waals surface area contributed by atoms with Gasteiger partial charge in [-0.25, -0.2) is 0 Å². The third kappa shape index (κ3) is 13.6. The topological polar surface area (TPSA) is 0 Å². The molecule has 0 radical (unpaired) electrons. The van der Waals surface area contributed by atoms with E-state index in [9.17, 15) is 0 Å². The number of terminal acetylenes is 1. The molecule has 2 saturated carbocycles. The Morgan fingerprint density at radius 3 is 1.56 bits per heavy atom. The molecule has 0 amide bonds. The maximum Gasteiger partial charge on any atom is -0.00297 e. The largest absolute Gasteiger partial charge is 0.120 e. The fraction of sp³-hybridized carbons (Fsp3) is 0.875. The normalized spacial score (nSPS) is 17.8. The van der Waals surface area contributed by atoms with Crippen LogP contribution in [-0.2, 0) is 0 Å². The van der Waals surface area contributed by atoms with Gasteiger partial charge >= 0.3 is 0 Å².